The van der Waals surface area contributed by atoms with Crippen LogP contribution in [0.5, 0.6) is 5.75 Å². The van der Waals surface area contributed by atoms with E-state index in [9.17, 15) is 9.90 Å². The third kappa shape index (κ3) is 1.93. The van der Waals surface area contributed by atoms with Crippen molar-refractivity contribution in [2.45, 2.75) is 13.3 Å². The van der Waals surface area contributed by atoms with Crippen molar-refractivity contribution in [1.82, 2.24) is 0 Å². The summed E-state index contributed by atoms with van der Waals surface area (Å²) in [4.78, 5) is 10.7. The Morgan fingerprint density at radius 3 is 2.71 bits per heavy atom. The van der Waals surface area contributed by atoms with Gasteiger partial charge in [-0.15, -0.1) is 6.58 Å². The van der Waals surface area contributed by atoms with Gasteiger partial charge in [0.1, 0.15) is 5.75 Å². The number of aromatic hydroxyl groups is 1. The van der Waals surface area contributed by atoms with Crippen molar-refractivity contribution in [3.05, 3.63) is 41.5 Å². The van der Waals surface area contributed by atoms with E-state index in [0.29, 0.717) is 17.5 Å². The highest BCUT2D eigenvalue weighted by atomic mass is 16.4. The van der Waals surface area contributed by atoms with Gasteiger partial charge in [0, 0.05) is 0 Å². The van der Waals surface area contributed by atoms with Crippen LogP contribution in [0.25, 0.3) is 0 Å². The van der Waals surface area contributed by atoms with Gasteiger partial charge in [0.05, 0.1) is 5.56 Å². The van der Waals surface area contributed by atoms with Crippen molar-refractivity contribution in [1.29, 1.82) is 0 Å². The summed E-state index contributed by atoms with van der Waals surface area (Å²) in [7, 11) is 0. The molecular weight excluding hydrogens is 180 g/mol. The summed E-state index contributed by atoms with van der Waals surface area (Å²) >= 11 is 0. The van der Waals surface area contributed by atoms with Gasteiger partial charge in [0.25, 0.3) is 0 Å². The average Bonchev–Trinajstić information content (AvgIpc) is 2.12. The van der Waals surface area contributed by atoms with Gasteiger partial charge < -0.3 is 10.2 Å². The van der Waals surface area contributed by atoms with E-state index < -0.39 is 5.97 Å². The fourth-order valence-corrected chi connectivity index (χ4v) is 1.29. The van der Waals surface area contributed by atoms with Gasteiger partial charge in [-0.2, -0.15) is 0 Å². The number of aromatic carboxylic acids is 1. The first-order valence-corrected chi connectivity index (χ1v) is 4.23. The molecule has 0 heterocycles. The first-order valence-electron chi connectivity index (χ1n) is 4.23. The predicted molar refractivity (Wildman–Crippen MR) is 53.7 cm³/mol. The Hall–Kier alpha value is -1.77. The Morgan fingerprint density at radius 2 is 2.21 bits per heavy atom. The molecule has 0 amide bonds. The standard InChI is InChI=1S/C11H12O3/c1-3-4-8-6-9(11(13)14)5-7(2)10(8)12/h3,5-6,12H,1,4H2,2H3,(H,13,14). The zero-order valence-corrected chi connectivity index (χ0v) is 7.95. The number of benzene rings is 1. The zero-order valence-electron chi connectivity index (χ0n) is 7.95. The highest BCUT2D eigenvalue weighted by molar-refractivity contribution is 5.88. The smallest absolute Gasteiger partial charge is 0.335 e. The maximum absolute atomic E-state index is 10.7. The molecule has 3 heteroatoms. The van der Waals surface area contributed by atoms with Crippen LogP contribution >= 0.6 is 0 Å². The summed E-state index contributed by atoms with van der Waals surface area (Å²) in [5.41, 5.74) is 1.36. The molecule has 0 fully saturated rings. The van der Waals surface area contributed by atoms with Crippen molar-refractivity contribution >= 4 is 5.97 Å². The lowest BCUT2D eigenvalue weighted by atomic mass is 10.0. The largest absolute Gasteiger partial charge is 0.507 e. The number of phenols is 1. The summed E-state index contributed by atoms with van der Waals surface area (Å²) in [6.07, 6.45) is 2.09. The molecule has 0 atom stereocenters. The molecule has 1 rings (SSSR count). The molecule has 0 aliphatic heterocycles. The van der Waals surface area contributed by atoms with Gasteiger partial charge in [-0.05, 0) is 36.6 Å². The van der Waals surface area contributed by atoms with Crippen LogP contribution in [0.1, 0.15) is 21.5 Å². The maximum atomic E-state index is 10.7. The van der Waals surface area contributed by atoms with Crippen LogP contribution in [-0.2, 0) is 6.42 Å². The minimum absolute atomic E-state index is 0.148. The molecule has 0 unspecified atom stereocenters. The number of phenolic OH excluding ortho intramolecular Hbond substituents is 1. The summed E-state index contributed by atoms with van der Waals surface area (Å²) in [5.74, 6) is -0.840. The molecule has 0 aromatic heterocycles. The normalized spacial score (nSPS) is 9.79. The number of carboxylic acid groups (broad SMARTS) is 1. The number of carbonyl (C=O) groups is 1. The monoisotopic (exact) mass is 192 g/mol. The van der Waals surface area contributed by atoms with Gasteiger partial charge >= 0.3 is 5.97 Å². The quantitative estimate of drug-likeness (QED) is 0.721. The van der Waals surface area contributed by atoms with E-state index in [4.69, 9.17) is 5.11 Å². The number of rotatable bonds is 3. The second-order valence-electron chi connectivity index (χ2n) is 3.10. The lowest BCUT2D eigenvalue weighted by molar-refractivity contribution is 0.0696. The van der Waals surface area contributed by atoms with E-state index in [1.807, 2.05) is 0 Å². The fourth-order valence-electron chi connectivity index (χ4n) is 1.29. The molecule has 0 spiro atoms. The average molecular weight is 192 g/mol. The van der Waals surface area contributed by atoms with Crippen LogP contribution in [0.2, 0.25) is 0 Å². The van der Waals surface area contributed by atoms with E-state index >= 15 is 0 Å². The van der Waals surface area contributed by atoms with E-state index in [0.717, 1.165) is 0 Å². The lowest BCUT2D eigenvalue weighted by Gasteiger charge is -2.06. The van der Waals surface area contributed by atoms with Gasteiger partial charge in [0.15, 0.2) is 0 Å². The van der Waals surface area contributed by atoms with Crippen LogP contribution in [0.15, 0.2) is 24.8 Å². The zero-order chi connectivity index (χ0) is 10.7. The van der Waals surface area contributed by atoms with Crippen LogP contribution in [0.4, 0.5) is 0 Å². The number of hydrogen-bond acceptors (Lipinski definition) is 2. The first kappa shape index (κ1) is 10.3. The van der Waals surface area contributed by atoms with E-state index in [-0.39, 0.29) is 11.3 Å². The van der Waals surface area contributed by atoms with E-state index in [2.05, 4.69) is 6.58 Å². The second-order valence-corrected chi connectivity index (χ2v) is 3.10. The minimum atomic E-state index is -0.988. The molecule has 0 radical (unpaired) electrons. The van der Waals surface area contributed by atoms with E-state index in [1.54, 1.807) is 13.0 Å². The van der Waals surface area contributed by atoms with Crippen molar-refractivity contribution in [2.24, 2.45) is 0 Å². The third-order valence-corrected chi connectivity index (χ3v) is 1.99. The molecule has 0 saturated heterocycles. The number of allylic oxidation sites excluding steroid dienone is 1. The van der Waals surface area contributed by atoms with Crippen molar-refractivity contribution in [3.8, 4) is 5.75 Å². The number of carboxylic acids is 1. The molecular formula is C11H12O3. The third-order valence-electron chi connectivity index (χ3n) is 1.99. The SMILES string of the molecule is C=CCc1cc(C(=O)O)cc(C)c1O. The molecule has 0 aliphatic carbocycles. The van der Waals surface area contributed by atoms with Gasteiger partial charge in [-0.3, -0.25) is 0 Å². The van der Waals surface area contributed by atoms with Gasteiger partial charge in [-0.25, -0.2) is 4.79 Å². The molecule has 1 aromatic rings. The highest BCUT2D eigenvalue weighted by Gasteiger charge is 2.09. The molecule has 0 aliphatic rings. The van der Waals surface area contributed by atoms with E-state index in [1.165, 1.54) is 12.1 Å². The molecule has 0 saturated carbocycles. The van der Waals surface area contributed by atoms with Gasteiger partial charge in [0.2, 0.25) is 0 Å². The van der Waals surface area contributed by atoms with Crippen LogP contribution in [0, 0.1) is 6.92 Å². The maximum Gasteiger partial charge on any atom is 0.335 e. The molecule has 3 nitrogen and oxygen atoms in total. The Balaban J connectivity index is 3.27. The molecule has 74 valence electrons. The fraction of sp³-hybridized carbons (Fsp3) is 0.182. The summed E-state index contributed by atoms with van der Waals surface area (Å²) in [6, 6.07) is 2.91. The molecule has 0 bridgehead atoms. The van der Waals surface area contributed by atoms with Gasteiger partial charge in [-0.1, -0.05) is 6.08 Å². The minimum Gasteiger partial charge on any atom is -0.507 e. The lowest BCUT2D eigenvalue weighted by Crippen LogP contribution is -1.99. The van der Waals surface area contributed by atoms with Crippen molar-refractivity contribution in [2.75, 3.05) is 0 Å². The van der Waals surface area contributed by atoms with Crippen LogP contribution < -0.4 is 0 Å². The summed E-state index contributed by atoms with van der Waals surface area (Å²) in [5, 5.41) is 18.4. The Labute approximate surface area is 82.3 Å². The molecule has 14 heavy (non-hydrogen) atoms. The molecule has 1 aromatic carbocycles. The van der Waals surface area contributed by atoms with Crippen molar-refractivity contribution < 1.29 is 15.0 Å². The Bertz CT molecular complexity index is 380. The van der Waals surface area contributed by atoms with Crippen LogP contribution in [-0.4, -0.2) is 16.2 Å². The number of hydrogen-bond donors (Lipinski definition) is 2. The predicted octanol–water partition coefficient (Wildman–Crippen LogP) is 2.13. The molecule has 2 N–H and O–H groups in total. The first-order chi connectivity index (χ1) is 6.56. The summed E-state index contributed by atoms with van der Waals surface area (Å²) in [6.45, 7) is 5.22. The highest BCUT2D eigenvalue weighted by Crippen LogP contribution is 2.24. The Morgan fingerprint density at radius 1 is 1.57 bits per heavy atom. The second kappa shape index (κ2) is 3.96. The van der Waals surface area contributed by atoms with Crippen molar-refractivity contribution in [3.63, 3.8) is 0 Å². The Kier molecular flexibility index (Phi) is 2.92. The number of aryl methyl sites for hydroxylation is 1. The van der Waals surface area contributed by atoms with Crippen LogP contribution in [0.3, 0.4) is 0 Å². The summed E-state index contributed by atoms with van der Waals surface area (Å²) < 4.78 is 0. The topological polar surface area (TPSA) is 57.5 Å².